The Hall–Kier alpha value is -0.960. The molecule has 30 heavy (non-hydrogen) atoms. The van der Waals surface area contributed by atoms with Crippen molar-refractivity contribution in [1.82, 2.24) is 0 Å². The third kappa shape index (κ3) is 11.4. The molecular formula is C30H52. The maximum atomic E-state index is 3.68. The molecule has 0 radical (unpaired) electrons. The summed E-state index contributed by atoms with van der Waals surface area (Å²) in [4.78, 5) is 0. The van der Waals surface area contributed by atoms with Crippen LogP contribution in [0.5, 0.6) is 0 Å². The minimum absolute atomic E-state index is 1.22. The monoisotopic (exact) mass is 412 g/mol. The van der Waals surface area contributed by atoms with Crippen molar-refractivity contribution in [1.29, 1.82) is 0 Å². The number of rotatable bonds is 20. The van der Waals surface area contributed by atoms with Crippen LogP contribution in [0.15, 0.2) is 0 Å². The smallest absolute Gasteiger partial charge is 0.00590 e. The fourth-order valence-electron chi connectivity index (χ4n) is 4.61. The summed E-state index contributed by atoms with van der Waals surface area (Å²) in [5, 5.41) is 0. The van der Waals surface area contributed by atoms with Gasteiger partial charge in [0.25, 0.3) is 0 Å². The molecular weight excluding hydrogens is 360 g/mol. The van der Waals surface area contributed by atoms with E-state index in [-0.39, 0.29) is 0 Å². The van der Waals surface area contributed by atoms with Crippen LogP contribution in [0.3, 0.4) is 0 Å². The summed E-state index contributed by atoms with van der Waals surface area (Å²) in [6, 6.07) is 7.36. The first-order chi connectivity index (χ1) is 14.8. The van der Waals surface area contributed by atoms with Crippen LogP contribution in [-0.4, -0.2) is 0 Å². The maximum absolute atomic E-state index is 3.68. The van der Waals surface area contributed by atoms with Crippen molar-refractivity contribution in [2.45, 2.75) is 156 Å². The highest BCUT2D eigenvalue weighted by Gasteiger charge is 2.13. The standard InChI is InChI=1S/C30H52/c1-5-9-13-17-21-27-25-26-28(22-18-14-10-6-2)30(24-20-16-12-8-4)29(27)23-19-15-11-7-3/h5-24H2,1-4H3. The Bertz CT molecular complexity index is 466. The lowest BCUT2D eigenvalue weighted by molar-refractivity contribution is 0.632. The molecule has 0 saturated carbocycles. The third-order valence-electron chi connectivity index (χ3n) is 6.58. The first kappa shape index (κ1) is 27.1. The second-order valence-electron chi connectivity index (χ2n) is 9.41. The van der Waals surface area contributed by atoms with Gasteiger partial charge in [0.2, 0.25) is 0 Å². The Balaban J connectivity index is 2.99. The molecule has 1 aromatic carbocycles. The molecule has 1 rings (SSSR count). The molecule has 0 N–H and O–H groups in total. The van der Waals surface area contributed by atoms with E-state index >= 15 is 0 Å². The fourth-order valence-corrected chi connectivity index (χ4v) is 4.61. The molecule has 0 heteroatoms. The molecule has 0 nitrogen and oxygen atoms in total. The highest BCUT2D eigenvalue weighted by Crippen LogP contribution is 2.25. The molecule has 0 aromatic heterocycles. The molecule has 0 heterocycles. The maximum Gasteiger partial charge on any atom is 0.00590 e. The predicted molar refractivity (Wildman–Crippen MR) is 135 cm³/mol. The van der Waals surface area contributed by atoms with Crippen LogP contribution in [-0.2, 0) is 25.7 Å². The molecule has 0 aliphatic heterocycles. The minimum Gasteiger partial charge on any atom is -0.0661 e. The van der Waals surface area contributed by atoms with Gasteiger partial charge in [0.05, 0.1) is 0 Å². The van der Waals surface area contributed by atoms with E-state index in [9.17, 15) is 0 Å². The van der Waals surface area contributed by atoms with Gasteiger partial charge in [0, 0.05) is 11.1 Å². The van der Waals surface area contributed by atoms with Crippen molar-refractivity contribution in [2.75, 3.05) is 0 Å². The zero-order valence-electron chi connectivity index (χ0n) is 21.1. The van der Waals surface area contributed by atoms with Crippen molar-refractivity contribution >= 4 is 0 Å². The Kier molecular flexibility index (Phi) is 16.9. The number of unbranched alkanes of at least 4 members (excludes halogenated alkanes) is 12. The zero-order valence-corrected chi connectivity index (χ0v) is 21.1. The van der Waals surface area contributed by atoms with Crippen molar-refractivity contribution in [3.63, 3.8) is 0 Å². The summed E-state index contributed by atoms with van der Waals surface area (Å²) >= 11 is 0. The van der Waals surface area contributed by atoms with E-state index in [1.807, 2.05) is 0 Å². The Morgan fingerprint density at radius 3 is 0.967 bits per heavy atom. The van der Waals surface area contributed by atoms with Crippen LogP contribution in [0.4, 0.5) is 0 Å². The van der Waals surface area contributed by atoms with E-state index in [0.717, 1.165) is 0 Å². The van der Waals surface area contributed by atoms with Crippen LogP contribution < -0.4 is 0 Å². The molecule has 0 aliphatic carbocycles. The number of hydrogen-bond acceptors (Lipinski definition) is 0. The van der Waals surface area contributed by atoms with Gasteiger partial charge in [-0.3, -0.25) is 0 Å². The van der Waals surface area contributed by atoms with Crippen molar-refractivity contribution in [2.24, 2.45) is 0 Å². The van der Waals surface area contributed by atoms with Gasteiger partial charge < -0.3 is 0 Å². The molecule has 0 unspecified atom stereocenters. The molecule has 0 aliphatic rings. The Morgan fingerprint density at radius 1 is 0.367 bits per heavy atom. The Morgan fingerprint density at radius 2 is 0.667 bits per heavy atom. The normalized spacial score (nSPS) is 11.1. The molecule has 0 spiro atoms. The molecule has 0 fully saturated rings. The Labute approximate surface area is 190 Å². The third-order valence-corrected chi connectivity index (χ3v) is 6.58. The summed E-state index contributed by atoms with van der Waals surface area (Å²) in [7, 11) is 0. The highest BCUT2D eigenvalue weighted by molar-refractivity contribution is 5.38. The van der Waals surface area contributed by atoms with Gasteiger partial charge in [-0.2, -0.15) is 0 Å². The van der Waals surface area contributed by atoms with Crippen LogP contribution in [0, 0.1) is 12.1 Å². The summed E-state index contributed by atoms with van der Waals surface area (Å²) in [5.41, 5.74) is 6.43. The summed E-state index contributed by atoms with van der Waals surface area (Å²) in [6.07, 6.45) is 26.6. The van der Waals surface area contributed by atoms with Crippen LogP contribution in [0.1, 0.15) is 153 Å². The van der Waals surface area contributed by atoms with E-state index in [0.29, 0.717) is 0 Å². The molecule has 1 aromatic rings. The zero-order chi connectivity index (χ0) is 21.9. The lowest BCUT2D eigenvalue weighted by Gasteiger charge is -2.17. The first-order valence-electron chi connectivity index (χ1n) is 13.7. The van der Waals surface area contributed by atoms with Gasteiger partial charge in [-0.05, 0) is 62.5 Å². The second-order valence-corrected chi connectivity index (χ2v) is 9.41. The summed E-state index contributed by atoms with van der Waals surface area (Å²) in [5.74, 6) is 0. The second kappa shape index (κ2) is 18.8. The molecule has 172 valence electrons. The van der Waals surface area contributed by atoms with Crippen molar-refractivity contribution in [3.05, 3.63) is 34.4 Å². The molecule has 0 saturated heterocycles. The molecule has 0 atom stereocenters. The topological polar surface area (TPSA) is 0 Å². The largest absolute Gasteiger partial charge is 0.0661 e. The van der Waals surface area contributed by atoms with Crippen molar-refractivity contribution in [3.8, 4) is 0 Å². The summed E-state index contributed by atoms with van der Waals surface area (Å²) < 4.78 is 0. The van der Waals surface area contributed by atoms with E-state index in [1.54, 1.807) is 11.1 Å². The van der Waals surface area contributed by atoms with Gasteiger partial charge in [-0.25, -0.2) is 0 Å². The van der Waals surface area contributed by atoms with Gasteiger partial charge in [-0.15, -0.1) is 0 Å². The quantitative estimate of drug-likeness (QED) is 0.187. The lowest BCUT2D eigenvalue weighted by Crippen LogP contribution is -2.06. The van der Waals surface area contributed by atoms with Gasteiger partial charge in [-0.1, -0.05) is 117 Å². The van der Waals surface area contributed by atoms with Gasteiger partial charge in [0.1, 0.15) is 0 Å². The van der Waals surface area contributed by atoms with Gasteiger partial charge in [0.15, 0.2) is 0 Å². The van der Waals surface area contributed by atoms with Gasteiger partial charge >= 0.3 is 0 Å². The van der Waals surface area contributed by atoms with Crippen LogP contribution >= 0.6 is 0 Å². The average Bonchev–Trinajstić information content (AvgIpc) is 2.76. The number of hydrogen-bond donors (Lipinski definition) is 0. The van der Waals surface area contributed by atoms with E-state index in [2.05, 4.69) is 39.8 Å². The molecule has 0 bridgehead atoms. The van der Waals surface area contributed by atoms with E-state index < -0.39 is 0 Å². The minimum atomic E-state index is 1.22. The van der Waals surface area contributed by atoms with Crippen molar-refractivity contribution < 1.29 is 0 Å². The molecule has 0 amide bonds. The van der Waals surface area contributed by atoms with Crippen LogP contribution in [0.25, 0.3) is 0 Å². The lowest BCUT2D eigenvalue weighted by atomic mass is 9.87. The fraction of sp³-hybridized carbons (Fsp3) is 0.800. The van der Waals surface area contributed by atoms with E-state index in [1.165, 1.54) is 140 Å². The van der Waals surface area contributed by atoms with E-state index in [4.69, 9.17) is 0 Å². The SMILES string of the molecule is CCCCCCc1c#cc(CCCCCC)c(CCCCCC)c1CCCCCC. The average molecular weight is 413 g/mol. The highest BCUT2D eigenvalue weighted by atomic mass is 14.2. The predicted octanol–water partition coefficient (Wildman–Crippen LogP) is 9.78. The summed E-state index contributed by atoms with van der Waals surface area (Å²) in [6.45, 7) is 9.25. The van der Waals surface area contributed by atoms with Crippen LogP contribution in [0.2, 0.25) is 0 Å². The first-order valence-corrected chi connectivity index (χ1v) is 13.7.